The van der Waals surface area contributed by atoms with Crippen molar-refractivity contribution in [1.82, 2.24) is 14.3 Å². The van der Waals surface area contributed by atoms with Crippen molar-refractivity contribution in [2.24, 2.45) is 0 Å². The molecule has 4 aromatic rings. The Balaban J connectivity index is 1.36. The number of hydrogen-bond acceptors (Lipinski definition) is 5. The van der Waals surface area contributed by atoms with Crippen LogP contribution in [0.25, 0.3) is 22.1 Å². The molecule has 1 aliphatic rings. The fourth-order valence-electron chi connectivity index (χ4n) is 3.63. The van der Waals surface area contributed by atoms with E-state index in [4.69, 9.17) is 4.74 Å². The van der Waals surface area contributed by atoms with Gasteiger partial charge in [-0.2, -0.15) is 0 Å². The lowest BCUT2D eigenvalue weighted by Gasteiger charge is -2.15. The lowest BCUT2D eigenvalue weighted by atomic mass is 10.2. The molecule has 0 saturated carbocycles. The second-order valence-corrected chi connectivity index (χ2v) is 8.09. The second kappa shape index (κ2) is 7.33. The molecular weight excluding hydrogens is 386 g/mol. The van der Waals surface area contributed by atoms with Crippen molar-refractivity contribution in [3.63, 3.8) is 0 Å². The SMILES string of the molecule is O=C(COc1ccc(/C=c2\sc3nc4ccccc4n3c2=O)cc1)N1CCCC1. The van der Waals surface area contributed by atoms with Crippen LogP contribution in [-0.4, -0.2) is 39.9 Å². The Kier molecular flexibility index (Phi) is 4.52. The Hall–Kier alpha value is -3.19. The molecule has 3 heterocycles. The molecule has 146 valence electrons. The van der Waals surface area contributed by atoms with Gasteiger partial charge in [0.2, 0.25) is 0 Å². The Morgan fingerprint density at radius 1 is 1.10 bits per heavy atom. The molecule has 0 N–H and O–H groups in total. The van der Waals surface area contributed by atoms with Crippen LogP contribution in [0.5, 0.6) is 5.75 Å². The first-order valence-corrected chi connectivity index (χ1v) is 10.4. The maximum absolute atomic E-state index is 12.8. The number of ether oxygens (including phenoxy) is 1. The van der Waals surface area contributed by atoms with Crippen LogP contribution in [0.2, 0.25) is 0 Å². The van der Waals surface area contributed by atoms with Gasteiger partial charge in [0.25, 0.3) is 11.5 Å². The summed E-state index contributed by atoms with van der Waals surface area (Å²) in [5.41, 5.74) is 2.49. The van der Waals surface area contributed by atoms with E-state index in [9.17, 15) is 9.59 Å². The van der Waals surface area contributed by atoms with E-state index in [0.717, 1.165) is 42.5 Å². The summed E-state index contributed by atoms with van der Waals surface area (Å²) in [6, 6.07) is 15.0. The fourth-order valence-corrected chi connectivity index (χ4v) is 4.61. The molecule has 1 amide bonds. The minimum Gasteiger partial charge on any atom is -0.484 e. The zero-order valence-electron chi connectivity index (χ0n) is 15.7. The molecule has 7 heteroatoms. The minimum atomic E-state index is -0.0600. The molecule has 0 spiro atoms. The molecule has 2 aromatic carbocycles. The van der Waals surface area contributed by atoms with E-state index in [0.29, 0.717) is 15.2 Å². The molecule has 1 fully saturated rings. The smallest absolute Gasteiger partial charge is 0.274 e. The maximum Gasteiger partial charge on any atom is 0.274 e. The summed E-state index contributed by atoms with van der Waals surface area (Å²) >= 11 is 1.38. The highest BCUT2D eigenvalue weighted by Gasteiger charge is 2.18. The number of thiazole rings is 1. The number of imidazole rings is 1. The Bertz CT molecular complexity index is 1300. The van der Waals surface area contributed by atoms with Gasteiger partial charge < -0.3 is 9.64 Å². The molecule has 0 aliphatic carbocycles. The second-order valence-electron chi connectivity index (χ2n) is 7.08. The third-order valence-corrected chi connectivity index (χ3v) is 6.11. The number of carbonyl (C=O) groups is 1. The van der Waals surface area contributed by atoms with Crippen LogP contribution >= 0.6 is 11.3 Å². The lowest BCUT2D eigenvalue weighted by Crippen LogP contribution is -2.32. The van der Waals surface area contributed by atoms with Crippen LogP contribution in [0.1, 0.15) is 18.4 Å². The Morgan fingerprint density at radius 2 is 1.86 bits per heavy atom. The molecule has 5 rings (SSSR count). The molecule has 1 saturated heterocycles. The number of nitrogens with zero attached hydrogens (tertiary/aromatic N) is 3. The van der Waals surface area contributed by atoms with Gasteiger partial charge in [-0.05, 0) is 48.7 Å². The van der Waals surface area contributed by atoms with Crippen molar-refractivity contribution in [1.29, 1.82) is 0 Å². The molecule has 2 aromatic heterocycles. The van der Waals surface area contributed by atoms with E-state index in [1.165, 1.54) is 11.3 Å². The van der Waals surface area contributed by atoms with Gasteiger partial charge in [0.15, 0.2) is 11.6 Å². The van der Waals surface area contributed by atoms with E-state index >= 15 is 0 Å². The Morgan fingerprint density at radius 3 is 2.66 bits per heavy atom. The molecular formula is C22H19N3O3S. The summed E-state index contributed by atoms with van der Waals surface area (Å²) in [5, 5.41) is 0. The largest absolute Gasteiger partial charge is 0.484 e. The highest BCUT2D eigenvalue weighted by atomic mass is 32.1. The van der Waals surface area contributed by atoms with E-state index in [1.54, 1.807) is 4.40 Å². The summed E-state index contributed by atoms with van der Waals surface area (Å²) in [6.07, 6.45) is 4.00. The number of carbonyl (C=O) groups excluding carboxylic acids is 1. The molecule has 0 radical (unpaired) electrons. The van der Waals surface area contributed by atoms with Crippen LogP contribution in [0, 0.1) is 0 Å². The number of hydrogen-bond donors (Lipinski definition) is 0. The molecule has 0 bridgehead atoms. The average molecular weight is 405 g/mol. The van der Waals surface area contributed by atoms with Crippen LogP contribution in [0.4, 0.5) is 0 Å². The number of rotatable bonds is 4. The van der Waals surface area contributed by atoms with Gasteiger partial charge in [-0.3, -0.25) is 9.59 Å². The molecule has 29 heavy (non-hydrogen) atoms. The van der Waals surface area contributed by atoms with Crippen molar-refractivity contribution in [2.45, 2.75) is 12.8 Å². The van der Waals surface area contributed by atoms with Gasteiger partial charge >= 0.3 is 0 Å². The van der Waals surface area contributed by atoms with Crippen molar-refractivity contribution >= 4 is 39.3 Å². The third kappa shape index (κ3) is 3.38. The molecule has 0 atom stereocenters. The first kappa shape index (κ1) is 17.9. The predicted octanol–water partition coefficient (Wildman–Crippen LogP) is 2.46. The van der Waals surface area contributed by atoms with Gasteiger partial charge in [-0.15, -0.1) is 0 Å². The lowest BCUT2D eigenvalue weighted by molar-refractivity contribution is -0.132. The maximum atomic E-state index is 12.8. The zero-order valence-corrected chi connectivity index (χ0v) is 16.5. The van der Waals surface area contributed by atoms with Gasteiger partial charge in [0.1, 0.15) is 5.75 Å². The van der Waals surface area contributed by atoms with Crippen LogP contribution in [0.3, 0.4) is 0 Å². The first-order chi connectivity index (χ1) is 14.2. The summed E-state index contributed by atoms with van der Waals surface area (Å²) in [5.74, 6) is 0.673. The molecule has 1 aliphatic heterocycles. The normalized spacial score (nSPS) is 14.9. The van der Waals surface area contributed by atoms with Crippen LogP contribution < -0.4 is 14.8 Å². The van der Waals surface area contributed by atoms with Crippen molar-refractivity contribution in [3.8, 4) is 5.75 Å². The number of likely N-dealkylation sites (tertiary alicyclic amines) is 1. The monoisotopic (exact) mass is 405 g/mol. The standard InChI is InChI=1S/C22H19N3O3S/c26-20(24-11-3-4-12-24)14-28-16-9-7-15(8-10-16)13-19-21(27)25-18-6-2-1-5-17(18)23-22(25)29-19/h1-2,5-10,13H,3-4,11-12,14H2/b19-13-. The van der Waals surface area contributed by atoms with Crippen molar-refractivity contribution in [3.05, 3.63) is 69.0 Å². The summed E-state index contributed by atoms with van der Waals surface area (Å²) < 4.78 is 7.91. The van der Waals surface area contributed by atoms with Gasteiger partial charge in [0, 0.05) is 13.1 Å². The first-order valence-electron chi connectivity index (χ1n) is 9.61. The summed E-state index contributed by atoms with van der Waals surface area (Å²) in [6.45, 7) is 1.71. The van der Waals surface area contributed by atoms with Gasteiger partial charge in [-0.25, -0.2) is 9.38 Å². The average Bonchev–Trinajstić information content (AvgIpc) is 3.45. The third-order valence-electron chi connectivity index (χ3n) is 5.14. The fraction of sp³-hybridized carbons (Fsp3) is 0.227. The van der Waals surface area contributed by atoms with Crippen LogP contribution in [0.15, 0.2) is 53.3 Å². The van der Waals surface area contributed by atoms with E-state index in [2.05, 4.69) is 4.98 Å². The van der Waals surface area contributed by atoms with Gasteiger partial charge in [-0.1, -0.05) is 35.6 Å². The number of fused-ring (bicyclic) bond motifs is 3. The molecule has 0 unspecified atom stereocenters. The number of benzene rings is 2. The predicted molar refractivity (Wildman–Crippen MR) is 113 cm³/mol. The molecule has 6 nitrogen and oxygen atoms in total. The topological polar surface area (TPSA) is 63.9 Å². The number of amides is 1. The van der Waals surface area contributed by atoms with Gasteiger partial charge in [0.05, 0.1) is 15.6 Å². The summed E-state index contributed by atoms with van der Waals surface area (Å²) in [4.78, 5) is 32.0. The number of para-hydroxylation sites is 2. The van der Waals surface area contributed by atoms with Crippen molar-refractivity contribution < 1.29 is 9.53 Å². The van der Waals surface area contributed by atoms with E-state index < -0.39 is 0 Å². The zero-order chi connectivity index (χ0) is 19.8. The quantitative estimate of drug-likeness (QED) is 0.523. The highest BCUT2D eigenvalue weighted by molar-refractivity contribution is 7.15. The summed E-state index contributed by atoms with van der Waals surface area (Å²) in [7, 11) is 0. The minimum absolute atomic E-state index is 0.0308. The Labute approximate surface area is 170 Å². The van der Waals surface area contributed by atoms with Crippen LogP contribution in [-0.2, 0) is 4.79 Å². The van der Waals surface area contributed by atoms with E-state index in [1.807, 2.05) is 59.5 Å². The van der Waals surface area contributed by atoms with E-state index in [-0.39, 0.29) is 18.1 Å². The van der Waals surface area contributed by atoms with Crippen molar-refractivity contribution in [2.75, 3.05) is 19.7 Å². The highest BCUT2D eigenvalue weighted by Crippen LogP contribution is 2.17. The number of aromatic nitrogens is 2.